The number of carbonyl (C=O) groups excluding carboxylic acids is 4. The minimum absolute atomic E-state index is 0.0589. The van der Waals surface area contributed by atoms with E-state index in [-0.39, 0.29) is 90.4 Å². The number of halogens is 4. The number of benzene rings is 3. The maximum absolute atomic E-state index is 15.8. The maximum Gasteiger partial charge on any atom is 0.301 e. The molecule has 0 aliphatic carbocycles. The number of aromatic amines is 1. The molecule has 5 aromatic rings. The third-order valence-corrected chi connectivity index (χ3v) is 14.0. The first-order valence-corrected chi connectivity index (χ1v) is 22.7. The molecule has 20 heteroatoms. The monoisotopic (exact) mass is 917 g/mol. The quantitative estimate of drug-likeness (QED) is 0.0682. The Kier molecular flexibility index (Phi) is 12.9. The Labute approximate surface area is 372 Å². The van der Waals surface area contributed by atoms with Gasteiger partial charge in [0.05, 0.1) is 17.8 Å². The molecule has 5 heterocycles. The normalized spacial score (nSPS) is 17.7. The summed E-state index contributed by atoms with van der Waals surface area (Å²) in [5.41, 5.74) is 0.315. The van der Waals surface area contributed by atoms with Crippen LogP contribution in [0, 0.1) is 23.3 Å². The third-order valence-electron chi connectivity index (χ3n) is 12.4. The molecule has 15 nitrogen and oxygen atoms in total. The molecule has 0 bridgehead atoms. The highest BCUT2D eigenvalue weighted by Gasteiger charge is 2.31. The summed E-state index contributed by atoms with van der Waals surface area (Å²) in [7, 11) is -2.95. The van der Waals surface area contributed by atoms with Gasteiger partial charge in [0.15, 0.2) is 5.82 Å². The van der Waals surface area contributed by atoms with Crippen molar-refractivity contribution in [3.05, 3.63) is 107 Å². The Morgan fingerprint density at radius 3 is 2.23 bits per heavy atom. The van der Waals surface area contributed by atoms with E-state index >= 15 is 17.6 Å². The third kappa shape index (κ3) is 9.55. The van der Waals surface area contributed by atoms with Crippen molar-refractivity contribution in [2.75, 3.05) is 74.3 Å². The zero-order valence-corrected chi connectivity index (χ0v) is 36.4. The van der Waals surface area contributed by atoms with Gasteiger partial charge in [-0.1, -0.05) is 19.1 Å². The van der Waals surface area contributed by atoms with Gasteiger partial charge in [0.2, 0.25) is 23.5 Å². The van der Waals surface area contributed by atoms with Crippen LogP contribution in [-0.4, -0.2) is 121 Å². The molecule has 3 aliphatic heterocycles. The Balaban J connectivity index is 0.868. The van der Waals surface area contributed by atoms with Crippen molar-refractivity contribution in [3.8, 4) is 11.1 Å². The first kappa shape index (κ1) is 45.2. The van der Waals surface area contributed by atoms with Gasteiger partial charge in [0.25, 0.3) is 0 Å². The molecule has 1 unspecified atom stereocenters. The molecule has 2 aromatic heterocycles. The van der Waals surface area contributed by atoms with Gasteiger partial charge in [-0.25, -0.2) is 22.5 Å². The summed E-state index contributed by atoms with van der Waals surface area (Å²) in [6.45, 7) is 4.25. The van der Waals surface area contributed by atoms with Gasteiger partial charge in [-0.05, 0) is 91.9 Å². The van der Waals surface area contributed by atoms with Crippen molar-refractivity contribution in [1.82, 2.24) is 29.4 Å². The lowest BCUT2D eigenvalue weighted by Gasteiger charge is -2.38. The second-order valence-electron chi connectivity index (χ2n) is 16.4. The number of nitrogens with one attached hydrogen (secondary N) is 4. The first-order chi connectivity index (χ1) is 31.1. The lowest BCUT2D eigenvalue weighted by atomic mass is 9.89. The summed E-state index contributed by atoms with van der Waals surface area (Å²) in [6.07, 6.45) is 4.99. The van der Waals surface area contributed by atoms with Crippen molar-refractivity contribution < 1.29 is 45.2 Å². The Hall–Kier alpha value is -6.38. The van der Waals surface area contributed by atoms with Gasteiger partial charge in [-0.3, -0.25) is 34.1 Å². The lowest BCUT2D eigenvalue weighted by molar-refractivity contribution is -0.134. The van der Waals surface area contributed by atoms with Crippen LogP contribution in [0.25, 0.3) is 22.2 Å². The summed E-state index contributed by atoms with van der Waals surface area (Å²) < 4.78 is 90.3. The van der Waals surface area contributed by atoms with Gasteiger partial charge in [0.1, 0.15) is 34.8 Å². The predicted molar refractivity (Wildman–Crippen MR) is 236 cm³/mol. The number of amides is 3. The van der Waals surface area contributed by atoms with Crippen LogP contribution < -0.4 is 20.3 Å². The summed E-state index contributed by atoms with van der Waals surface area (Å²) in [6, 6.07) is 12.8. The van der Waals surface area contributed by atoms with E-state index in [1.54, 1.807) is 16.7 Å². The Bertz CT molecular complexity index is 2750. The SMILES string of the molecule is CCN(C)S(=O)(=O)Nc1ccc(F)c(C(=O)c2c[nH]c3ncc(-c4cc(F)c(N5CCN(C(=O)CN6CCC(c7ccc(NC8CCC(=O)NC8=O)cc7)CC6)CC5)c(F)c4)cc23)c1F. The fourth-order valence-corrected chi connectivity index (χ4v) is 9.45. The number of piperidine rings is 2. The van der Waals surface area contributed by atoms with Gasteiger partial charge in [-0.15, -0.1) is 0 Å². The number of H-pyrrole nitrogens is 1. The molecule has 0 spiro atoms. The van der Waals surface area contributed by atoms with Crippen LogP contribution >= 0.6 is 0 Å². The van der Waals surface area contributed by atoms with Crippen molar-refractivity contribution in [1.29, 1.82) is 0 Å². The van der Waals surface area contributed by atoms with E-state index in [1.165, 1.54) is 31.1 Å². The van der Waals surface area contributed by atoms with E-state index in [1.807, 2.05) is 29.0 Å². The number of carbonyl (C=O) groups is 4. The number of rotatable bonds is 13. The number of ketones is 1. The zero-order valence-electron chi connectivity index (χ0n) is 35.6. The number of pyridine rings is 1. The number of imide groups is 1. The minimum Gasteiger partial charge on any atom is -0.374 e. The molecule has 8 rings (SSSR count). The molecule has 65 heavy (non-hydrogen) atoms. The maximum atomic E-state index is 15.8. The van der Waals surface area contributed by atoms with Crippen LogP contribution in [0.2, 0.25) is 0 Å². The van der Waals surface area contributed by atoms with E-state index in [0.717, 1.165) is 60.2 Å². The van der Waals surface area contributed by atoms with Crippen LogP contribution in [0.5, 0.6) is 0 Å². The number of hydrogen-bond acceptors (Lipinski definition) is 10. The van der Waals surface area contributed by atoms with Crippen LogP contribution in [0.1, 0.15) is 60.0 Å². The number of piperazine rings is 1. The predicted octanol–water partition coefficient (Wildman–Crippen LogP) is 5.37. The Morgan fingerprint density at radius 2 is 1.57 bits per heavy atom. The molecule has 1 atom stereocenters. The van der Waals surface area contributed by atoms with Gasteiger partial charge in [-0.2, -0.15) is 12.7 Å². The van der Waals surface area contributed by atoms with Crippen molar-refractivity contribution in [2.45, 2.75) is 44.6 Å². The van der Waals surface area contributed by atoms with Crippen LogP contribution in [0.15, 0.2) is 67.0 Å². The number of hydrogen-bond donors (Lipinski definition) is 4. The van der Waals surface area contributed by atoms with Gasteiger partial charge in [0, 0.05) is 80.8 Å². The smallest absolute Gasteiger partial charge is 0.301 e. The average molecular weight is 918 g/mol. The second kappa shape index (κ2) is 18.6. The molecule has 3 aromatic carbocycles. The summed E-state index contributed by atoms with van der Waals surface area (Å²) >= 11 is 0. The largest absolute Gasteiger partial charge is 0.374 e. The molecule has 0 radical (unpaired) electrons. The topological polar surface area (TPSA) is 180 Å². The zero-order chi connectivity index (χ0) is 46.2. The molecular weight excluding hydrogens is 871 g/mol. The van der Waals surface area contributed by atoms with Gasteiger partial charge >= 0.3 is 10.2 Å². The number of nitrogens with zero attached hydrogens (tertiary/aromatic N) is 5. The molecule has 3 amide bonds. The van der Waals surface area contributed by atoms with Gasteiger partial charge < -0.3 is 20.1 Å². The number of fused-ring (bicyclic) bond motifs is 1. The standard InChI is InChI=1S/C45H47F4N9O6S/c1-3-55(2)65(63,64)54-36-9-8-33(46)40(41(36)49)43(61)32-24-51-44-31(32)20-29(23-50-44)28-21-34(47)42(35(48)22-28)58-18-16-57(17-19-58)39(60)25-56-14-12-27(13-15-56)26-4-6-30(7-5-26)52-37-10-11-38(59)53-45(37)62/h4-9,20-24,27,37,52,54H,3,10-19,25H2,1-2H3,(H,50,51)(H,53,59,62). The molecule has 0 saturated carbocycles. The second-order valence-corrected chi connectivity index (χ2v) is 18.2. The summed E-state index contributed by atoms with van der Waals surface area (Å²) in [5.74, 6) is -5.81. The first-order valence-electron chi connectivity index (χ1n) is 21.3. The highest BCUT2D eigenvalue weighted by molar-refractivity contribution is 7.90. The summed E-state index contributed by atoms with van der Waals surface area (Å²) in [5, 5.41) is 5.65. The van der Waals surface area contributed by atoms with Crippen molar-refractivity contribution >= 4 is 61.8 Å². The van der Waals surface area contributed by atoms with E-state index in [2.05, 4.69) is 25.5 Å². The molecule has 4 N–H and O–H groups in total. The highest BCUT2D eigenvalue weighted by Crippen LogP contribution is 2.34. The molecule has 342 valence electrons. The number of aromatic nitrogens is 2. The molecule has 3 aliphatic rings. The fourth-order valence-electron chi connectivity index (χ4n) is 8.52. The van der Waals surface area contributed by atoms with Crippen molar-refractivity contribution in [2.24, 2.45) is 0 Å². The van der Waals surface area contributed by atoms with Crippen LogP contribution in [0.4, 0.5) is 34.6 Å². The molecule has 3 fully saturated rings. The van der Waals surface area contributed by atoms with E-state index < -0.39 is 56.6 Å². The number of likely N-dealkylation sites (tertiary alicyclic amines) is 1. The van der Waals surface area contributed by atoms with Crippen LogP contribution in [-0.2, 0) is 24.6 Å². The number of anilines is 3. The van der Waals surface area contributed by atoms with E-state index in [0.29, 0.717) is 18.8 Å². The lowest BCUT2D eigenvalue weighted by Crippen LogP contribution is -2.52. The summed E-state index contributed by atoms with van der Waals surface area (Å²) in [4.78, 5) is 63.0. The van der Waals surface area contributed by atoms with Crippen LogP contribution in [0.3, 0.4) is 0 Å². The Morgan fingerprint density at radius 1 is 0.877 bits per heavy atom. The molecule has 3 saturated heterocycles. The van der Waals surface area contributed by atoms with E-state index in [4.69, 9.17) is 0 Å². The minimum atomic E-state index is -4.21. The average Bonchev–Trinajstić information content (AvgIpc) is 3.72. The van der Waals surface area contributed by atoms with Crippen molar-refractivity contribution in [3.63, 3.8) is 0 Å². The molecular formula is C45H47F4N9O6S. The highest BCUT2D eigenvalue weighted by atomic mass is 32.2. The van der Waals surface area contributed by atoms with E-state index in [9.17, 15) is 27.6 Å². The fraction of sp³-hybridized carbons (Fsp3) is 0.356.